The van der Waals surface area contributed by atoms with Gasteiger partial charge in [0.25, 0.3) is 5.91 Å². The first-order valence-electron chi connectivity index (χ1n) is 11.7. The molecular formula is C27H22FN8NaO3S. The topological polar surface area (TPSA) is 159 Å². The van der Waals surface area contributed by atoms with E-state index in [1.165, 1.54) is 18.3 Å². The molecule has 0 atom stereocenters. The van der Waals surface area contributed by atoms with Gasteiger partial charge in [0, 0.05) is 57.7 Å². The van der Waals surface area contributed by atoms with Crippen LogP contribution in [0.5, 0.6) is 0 Å². The number of nitrogens with zero attached hydrogens (tertiary/aromatic N) is 5. The number of anilines is 4. The molecule has 4 N–H and O–H groups in total. The van der Waals surface area contributed by atoms with Crippen LogP contribution < -0.4 is 56.6 Å². The van der Waals surface area contributed by atoms with Crippen LogP contribution in [0.4, 0.5) is 33.2 Å². The summed E-state index contributed by atoms with van der Waals surface area (Å²) in [4.78, 5) is 24.6. The van der Waals surface area contributed by atoms with E-state index in [1.807, 2.05) is 6.07 Å². The van der Waals surface area contributed by atoms with Crippen LogP contribution in [-0.2, 0) is 10.0 Å². The molecule has 0 aliphatic carbocycles. The molecule has 0 saturated heterocycles. The summed E-state index contributed by atoms with van der Waals surface area (Å²) in [5, 5.41) is 8.68. The zero-order chi connectivity index (χ0) is 28.6. The van der Waals surface area contributed by atoms with Crippen LogP contribution in [0.1, 0.15) is 10.4 Å². The molecular weight excluding hydrogens is 558 g/mol. The summed E-state index contributed by atoms with van der Waals surface area (Å²) in [5.74, 6) is -1.53. The number of rotatable bonds is 8. The summed E-state index contributed by atoms with van der Waals surface area (Å²) in [7, 11) is -3.72. The Morgan fingerprint density at radius 3 is 2.46 bits per heavy atom. The maximum Gasteiger partial charge on any atom is 1.00 e. The Morgan fingerprint density at radius 2 is 1.76 bits per heavy atom. The first kappa shape index (κ1) is 29.7. The predicted molar refractivity (Wildman–Crippen MR) is 153 cm³/mol. The van der Waals surface area contributed by atoms with Crippen molar-refractivity contribution in [3.63, 3.8) is 0 Å². The van der Waals surface area contributed by atoms with Crippen LogP contribution in [0.25, 0.3) is 34.3 Å². The van der Waals surface area contributed by atoms with Gasteiger partial charge in [0.2, 0.25) is 5.95 Å². The van der Waals surface area contributed by atoms with Gasteiger partial charge in [-0.05, 0) is 30.3 Å². The largest absolute Gasteiger partial charge is 1.00 e. The molecule has 0 bridgehead atoms. The molecule has 1 amide bonds. The molecule has 5 aromatic rings. The molecule has 0 fully saturated rings. The quantitative estimate of drug-likeness (QED) is 0.222. The molecule has 3 heterocycles. The van der Waals surface area contributed by atoms with E-state index in [0.717, 1.165) is 17.0 Å². The number of amides is 1. The second kappa shape index (κ2) is 11.7. The third-order valence-electron chi connectivity index (χ3n) is 5.91. The minimum atomic E-state index is -3.72. The molecule has 41 heavy (non-hydrogen) atoms. The van der Waals surface area contributed by atoms with Gasteiger partial charge in [0.15, 0.2) is 0 Å². The van der Waals surface area contributed by atoms with Gasteiger partial charge >= 0.3 is 29.6 Å². The molecule has 202 valence electrons. The molecule has 2 aromatic carbocycles. The number of carbonyl (C=O) groups excluding carboxylic acids is 1. The van der Waals surface area contributed by atoms with E-state index in [1.54, 1.807) is 47.3 Å². The van der Waals surface area contributed by atoms with Crippen molar-refractivity contribution in [2.75, 3.05) is 16.9 Å². The van der Waals surface area contributed by atoms with Crippen LogP contribution >= 0.6 is 0 Å². The molecule has 14 heteroatoms. The van der Waals surface area contributed by atoms with E-state index in [9.17, 15) is 17.6 Å². The number of fused-ring (bicyclic) bond motifs is 1. The van der Waals surface area contributed by atoms with Crippen molar-refractivity contribution in [2.45, 2.75) is 0 Å². The first-order chi connectivity index (χ1) is 19.0. The van der Waals surface area contributed by atoms with Crippen LogP contribution in [0.3, 0.4) is 0 Å². The van der Waals surface area contributed by atoms with Crippen LogP contribution in [0.15, 0.2) is 67.1 Å². The number of nitrogens with two attached hydrogens (primary N) is 1. The Labute approximate surface area is 256 Å². The van der Waals surface area contributed by atoms with E-state index in [0.29, 0.717) is 16.4 Å². The maximum atomic E-state index is 14.9. The normalized spacial score (nSPS) is 11.1. The molecule has 0 saturated carbocycles. The van der Waals surface area contributed by atoms with Crippen molar-refractivity contribution in [2.24, 2.45) is 5.73 Å². The van der Waals surface area contributed by atoms with E-state index in [4.69, 9.17) is 5.73 Å². The number of sulfonamides is 1. The predicted octanol–water partition coefficient (Wildman–Crippen LogP) is 0.330. The second-order valence-electron chi connectivity index (χ2n) is 8.73. The number of nitrogens with one attached hydrogen (secondary N) is 2. The Hall–Kier alpha value is -4.30. The molecule has 0 radical (unpaired) electrons. The van der Waals surface area contributed by atoms with Gasteiger partial charge in [-0.1, -0.05) is 31.4 Å². The molecule has 5 rings (SSSR count). The number of hydrogen-bond acceptors (Lipinski definition) is 8. The monoisotopic (exact) mass is 580 g/mol. The van der Waals surface area contributed by atoms with Gasteiger partial charge in [-0.3, -0.25) is 9.78 Å². The van der Waals surface area contributed by atoms with Crippen molar-refractivity contribution in [3.05, 3.63) is 93.9 Å². The number of aromatic nitrogens is 4. The van der Waals surface area contributed by atoms with Gasteiger partial charge in [-0.15, -0.1) is 5.69 Å². The maximum absolute atomic E-state index is 14.9. The summed E-state index contributed by atoms with van der Waals surface area (Å²) >= 11 is 0. The van der Waals surface area contributed by atoms with Gasteiger partial charge in [-0.25, -0.2) is 17.8 Å². The van der Waals surface area contributed by atoms with Crippen molar-refractivity contribution in [3.8, 4) is 5.69 Å². The molecule has 11 nitrogen and oxygen atoms in total. The Kier molecular flexibility index (Phi) is 8.44. The average Bonchev–Trinajstić information content (AvgIpc) is 3.15. The van der Waals surface area contributed by atoms with Gasteiger partial charge in [0.05, 0.1) is 15.7 Å². The van der Waals surface area contributed by atoms with E-state index < -0.39 is 21.7 Å². The summed E-state index contributed by atoms with van der Waals surface area (Å²) < 4.78 is 43.9. The van der Waals surface area contributed by atoms with Crippen LogP contribution in [-0.4, -0.2) is 40.1 Å². The van der Waals surface area contributed by atoms with Gasteiger partial charge in [-0.2, -0.15) is 4.98 Å². The third-order valence-corrected chi connectivity index (χ3v) is 6.44. The number of benzene rings is 2. The standard InChI is InChI=1S/C27H22FN8O3S.Na/c1-15-18-10-11-30-13-19(18)16(2)36(15)17-8-9-21(28)24(12-17)33-27-31-14-20(25(29)37)26(34-27)32-22-6-4-5-7-23(22)35-40(3,38)39;/h4-14H,1-2H2,3H3,(H4,29,31,32,33,34,37);/q-1;+1. The minimum Gasteiger partial charge on any atom is -0.575 e. The zero-order valence-corrected chi connectivity index (χ0v) is 24.9. The molecule has 0 aliphatic heterocycles. The molecule has 0 aliphatic rings. The van der Waals surface area contributed by atoms with Crippen molar-refractivity contribution in [1.29, 1.82) is 0 Å². The van der Waals surface area contributed by atoms with Crippen LogP contribution in [0.2, 0.25) is 0 Å². The van der Waals surface area contributed by atoms with Gasteiger partial charge < -0.3 is 25.7 Å². The summed E-state index contributed by atoms with van der Waals surface area (Å²) in [5.41, 5.74) is 6.38. The van der Waals surface area contributed by atoms with Crippen molar-refractivity contribution >= 4 is 68.7 Å². The number of carbonyl (C=O) groups is 1. The fraction of sp³-hybridized carbons (Fsp3) is 0.0370. The Morgan fingerprint density at radius 1 is 1.02 bits per heavy atom. The number of para-hydroxylation sites is 1. The van der Waals surface area contributed by atoms with Crippen molar-refractivity contribution < 1.29 is 47.2 Å². The van der Waals surface area contributed by atoms with Crippen LogP contribution in [0, 0.1) is 5.82 Å². The Balaban J connectivity index is 0.00000387. The Bertz CT molecular complexity index is 1970. The van der Waals surface area contributed by atoms with E-state index in [-0.39, 0.29) is 63.9 Å². The SMILES string of the molecule is C=c1c2ccncc2c(=C)n1-c1ccc(F)c(Nc2ncc(C(N)=O)c(Nc3ccccc3[N-]S(C)(=O)=O)n2)c1.[Na+]. The number of hydrogen-bond donors (Lipinski definition) is 3. The second-order valence-corrected chi connectivity index (χ2v) is 10.4. The first-order valence-corrected chi connectivity index (χ1v) is 13.5. The summed E-state index contributed by atoms with van der Waals surface area (Å²) in [6, 6.07) is 12.5. The molecule has 0 spiro atoms. The third kappa shape index (κ3) is 6.23. The number of halogens is 1. The zero-order valence-electron chi connectivity index (χ0n) is 22.1. The smallest absolute Gasteiger partial charge is 0.575 e. The summed E-state index contributed by atoms with van der Waals surface area (Å²) in [6.07, 6.45) is 5.47. The summed E-state index contributed by atoms with van der Waals surface area (Å²) in [6.45, 7) is 8.28. The average molecular weight is 581 g/mol. The van der Waals surface area contributed by atoms with E-state index in [2.05, 4.69) is 43.5 Å². The fourth-order valence-corrected chi connectivity index (χ4v) is 4.66. The van der Waals surface area contributed by atoms with E-state index >= 15 is 0 Å². The number of pyridine rings is 1. The van der Waals surface area contributed by atoms with Gasteiger partial charge in [0.1, 0.15) is 17.2 Å². The fourth-order valence-electron chi connectivity index (χ4n) is 4.14. The molecule has 3 aromatic heterocycles. The number of primary amides is 1. The minimum absolute atomic E-state index is 0. The molecule has 0 unspecified atom stereocenters. The van der Waals surface area contributed by atoms with Crippen molar-refractivity contribution in [1.82, 2.24) is 19.5 Å².